The molecule has 3 rings (SSSR count). The van der Waals surface area contributed by atoms with Gasteiger partial charge in [-0.3, -0.25) is 9.59 Å². The number of hydrogen-bond donors (Lipinski definition) is 1. The highest BCUT2D eigenvalue weighted by atomic mass is 16.5. The smallest absolute Gasteiger partial charge is 0.437 e. The van der Waals surface area contributed by atoms with Crippen molar-refractivity contribution in [2.75, 3.05) is 5.32 Å². The van der Waals surface area contributed by atoms with Crippen LogP contribution in [0.3, 0.4) is 0 Å². The highest BCUT2D eigenvalue weighted by Crippen LogP contribution is 2.14. The lowest BCUT2D eigenvalue weighted by atomic mass is 10.2. The summed E-state index contributed by atoms with van der Waals surface area (Å²) in [5, 5.41) is 10.0. The number of carbonyl (C=O) groups is 2. The van der Waals surface area contributed by atoms with Crippen molar-refractivity contribution in [1.29, 1.82) is 0 Å². The number of hydrogen-bond acceptors (Lipinski definition) is 8. The highest BCUT2D eigenvalue weighted by Gasteiger charge is 2.21. The van der Waals surface area contributed by atoms with E-state index in [1.54, 1.807) is 31.2 Å². The summed E-state index contributed by atoms with van der Waals surface area (Å²) in [4.78, 5) is 35.8. The maximum atomic E-state index is 12.0. The van der Waals surface area contributed by atoms with Crippen LogP contribution < -0.4 is 11.1 Å². The standard InChI is InChI=1S/C17H16N4O6/c1-10-8-13(20-27-10)18-15(23)11(2)25-14(22)9-21-17(24)26-16(19-21)12-6-4-3-5-7-12/h3-8,11H,9H2,1-2H3,(H,18,20,23)/t11-/m1/s1. The third-order valence-corrected chi connectivity index (χ3v) is 3.46. The molecule has 0 spiro atoms. The van der Waals surface area contributed by atoms with E-state index >= 15 is 0 Å². The molecule has 10 nitrogen and oxygen atoms in total. The van der Waals surface area contributed by atoms with Crippen molar-refractivity contribution in [2.45, 2.75) is 26.5 Å². The summed E-state index contributed by atoms with van der Waals surface area (Å²) >= 11 is 0. The van der Waals surface area contributed by atoms with Crippen LogP contribution in [0.25, 0.3) is 11.5 Å². The van der Waals surface area contributed by atoms with Gasteiger partial charge in [-0.25, -0.2) is 4.79 Å². The van der Waals surface area contributed by atoms with Crippen molar-refractivity contribution in [3.05, 3.63) is 52.7 Å². The Kier molecular flexibility index (Phi) is 5.15. The maximum Gasteiger partial charge on any atom is 0.437 e. The van der Waals surface area contributed by atoms with E-state index in [2.05, 4.69) is 15.6 Å². The Hall–Kier alpha value is -3.69. The molecule has 0 fully saturated rings. The molecule has 0 saturated heterocycles. The molecule has 3 aromatic rings. The largest absolute Gasteiger partial charge is 0.451 e. The molecule has 27 heavy (non-hydrogen) atoms. The van der Waals surface area contributed by atoms with E-state index in [-0.39, 0.29) is 11.7 Å². The molecule has 2 aromatic heterocycles. The van der Waals surface area contributed by atoms with Crippen LogP contribution in [-0.4, -0.2) is 32.9 Å². The van der Waals surface area contributed by atoms with Gasteiger partial charge >= 0.3 is 11.7 Å². The van der Waals surface area contributed by atoms with Crippen molar-refractivity contribution in [3.8, 4) is 11.5 Å². The first-order chi connectivity index (χ1) is 12.9. The minimum atomic E-state index is -1.11. The average molecular weight is 372 g/mol. The summed E-state index contributed by atoms with van der Waals surface area (Å²) in [6.07, 6.45) is -1.11. The van der Waals surface area contributed by atoms with Gasteiger partial charge in [-0.05, 0) is 26.0 Å². The van der Waals surface area contributed by atoms with Crippen molar-refractivity contribution in [2.24, 2.45) is 0 Å². The second-order valence-corrected chi connectivity index (χ2v) is 5.64. The van der Waals surface area contributed by atoms with E-state index < -0.39 is 30.3 Å². The third kappa shape index (κ3) is 4.48. The fraction of sp³-hybridized carbons (Fsp3) is 0.235. The predicted molar refractivity (Wildman–Crippen MR) is 91.6 cm³/mol. The van der Waals surface area contributed by atoms with Crippen LogP contribution in [0.2, 0.25) is 0 Å². The molecule has 0 aliphatic carbocycles. The molecular weight excluding hydrogens is 356 g/mol. The Labute approximate surface area is 152 Å². The van der Waals surface area contributed by atoms with Crippen LogP contribution in [0.4, 0.5) is 5.82 Å². The number of anilines is 1. The van der Waals surface area contributed by atoms with E-state index in [0.29, 0.717) is 11.3 Å². The third-order valence-electron chi connectivity index (χ3n) is 3.46. The lowest BCUT2D eigenvalue weighted by molar-refractivity contribution is -0.154. The Morgan fingerprint density at radius 3 is 2.70 bits per heavy atom. The van der Waals surface area contributed by atoms with E-state index in [4.69, 9.17) is 13.7 Å². The van der Waals surface area contributed by atoms with Crippen molar-refractivity contribution < 1.29 is 23.3 Å². The Balaban J connectivity index is 1.59. The first-order valence-corrected chi connectivity index (χ1v) is 7.99. The fourth-order valence-corrected chi connectivity index (χ4v) is 2.17. The molecule has 0 aliphatic heterocycles. The monoisotopic (exact) mass is 372 g/mol. The topological polar surface area (TPSA) is 129 Å². The molecular formula is C17H16N4O6. The normalized spacial score (nSPS) is 11.8. The van der Waals surface area contributed by atoms with Crippen molar-refractivity contribution >= 4 is 17.7 Å². The molecule has 140 valence electrons. The van der Waals surface area contributed by atoms with Crippen molar-refractivity contribution in [1.82, 2.24) is 14.9 Å². The maximum absolute atomic E-state index is 12.0. The van der Waals surface area contributed by atoms with Crippen LogP contribution in [0.1, 0.15) is 12.7 Å². The molecule has 1 N–H and O–H groups in total. The number of nitrogens with one attached hydrogen (secondary N) is 1. The summed E-state index contributed by atoms with van der Waals surface area (Å²) in [5.74, 6) is -1.39. The van der Waals surface area contributed by atoms with Gasteiger partial charge in [-0.15, -0.1) is 5.10 Å². The van der Waals surface area contributed by atoms with E-state index in [0.717, 1.165) is 4.68 Å². The Morgan fingerprint density at radius 2 is 2.04 bits per heavy atom. The quantitative estimate of drug-likeness (QED) is 0.642. The number of amides is 1. The van der Waals surface area contributed by atoms with E-state index in [9.17, 15) is 14.4 Å². The molecule has 0 unspecified atom stereocenters. The number of esters is 1. The highest BCUT2D eigenvalue weighted by molar-refractivity contribution is 5.94. The summed E-state index contributed by atoms with van der Waals surface area (Å²) in [7, 11) is 0. The molecule has 0 bridgehead atoms. The van der Waals surface area contributed by atoms with Gasteiger partial charge in [-0.2, -0.15) is 4.68 Å². The Bertz CT molecular complexity index is 1000. The van der Waals surface area contributed by atoms with Gasteiger partial charge in [0.2, 0.25) is 5.89 Å². The summed E-state index contributed by atoms with van der Waals surface area (Å²) in [5.41, 5.74) is 0.595. The minimum Gasteiger partial charge on any atom is -0.451 e. The zero-order valence-electron chi connectivity index (χ0n) is 14.5. The zero-order chi connectivity index (χ0) is 19.4. The van der Waals surface area contributed by atoms with Gasteiger partial charge in [0.05, 0.1) is 0 Å². The Morgan fingerprint density at radius 1 is 1.30 bits per heavy atom. The molecule has 10 heteroatoms. The number of ether oxygens (including phenoxy) is 1. The molecule has 0 radical (unpaired) electrons. The number of aromatic nitrogens is 3. The average Bonchev–Trinajstić information content (AvgIpc) is 3.21. The van der Waals surface area contributed by atoms with Crippen LogP contribution in [-0.2, 0) is 20.9 Å². The molecule has 2 heterocycles. The lowest BCUT2D eigenvalue weighted by Crippen LogP contribution is -2.32. The number of nitrogens with zero attached hydrogens (tertiary/aromatic N) is 3. The van der Waals surface area contributed by atoms with E-state index in [1.165, 1.54) is 13.0 Å². The predicted octanol–water partition coefficient (Wildman–Crippen LogP) is 1.37. The molecule has 1 amide bonds. The SMILES string of the molecule is Cc1cc(NC(=O)[C@@H](C)OC(=O)Cn2nc(-c3ccccc3)oc2=O)no1. The van der Waals surface area contributed by atoms with Gasteiger partial charge in [-0.1, -0.05) is 23.4 Å². The van der Waals surface area contributed by atoms with Crippen LogP contribution in [0, 0.1) is 6.92 Å². The fourth-order valence-electron chi connectivity index (χ4n) is 2.17. The van der Waals surface area contributed by atoms with Crippen LogP contribution in [0.15, 0.2) is 50.1 Å². The molecule has 1 atom stereocenters. The summed E-state index contributed by atoms with van der Waals surface area (Å²) in [6.45, 7) is 2.57. The first kappa shape index (κ1) is 18.1. The number of aryl methyl sites for hydroxylation is 1. The first-order valence-electron chi connectivity index (χ1n) is 7.99. The molecule has 0 saturated carbocycles. The lowest BCUT2D eigenvalue weighted by Gasteiger charge is -2.11. The zero-order valence-corrected chi connectivity index (χ0v) is 14.5. The van der Waals surface area contributed by atoms with Gasteiger partial charge in [0, 0.05) is 11.6 Å². The molecule has 0 aliphatic rings. The van der Waals surface area contributed by atoms with E-state index in [1.807, 2.05) is 6.07 Å². The number of benzene rings is 1. The van der Waals surface area contributed by atoms with Gasteiger partial charge in [0.25, 0.3) is 5.91 Å². The second-order valence-electron chi connectivity index (χ2n) is 5.64. The second kappa shape index (κ2) is 7.68. The van der Waals surface area contributed by atoms with Crippen molar-refractivity contribution in [3.63, 3.8) is 0 Å². The summed E-state index contributed by atoms with van der Waals surface area (Å²) < 4.78 is 15.7. The van der Waals surface area contributed by atoms with Gasteiger partial charge < -0.3 is 19.0 Å². The van der Waals surface area contributed by atoms with Gasteiger partial charge in [0.15, 0.2) is 11.9 Å². The van der Waals surface area contributed by atoms with Crippen LogP contribution >= 0.6 is 0 Å². The minimum absolute atomic E-state index is 0.0839. The number of carbonyl (C=O) groups excluding carboxylic acids is 2. The van der Waals surface area contributed by atoms with Gasteiger partial charge in [0.1, 0.15) is 12.3 Å². The number of rotatable bonds is 6. The molecule has 1 aromatic carbocycles. The summed E-state index contributed by atoms with van der Waals surface area (Å²) in [6, 6.07) is 10.3. The van der Waals surface area contributed by atoms with Crippen LogP contribution in [0.5, 0.6) is 0 Å².